The predicted molar refractivity (Wildman–Crippen MR) is 39.9 cm³/mol. The molecule has 0 aliphatic heterocycles. The number of ether oxygens (including phenoxy) is 1. The molecule has 3 heteroatoms. The minimum Gasteiger partial charge on any atom is -0.374 e. The maximum absolute atomic E-state index is 5.39. The van der Waals surface area contributed by atoms with Gasteiger partial charge in [0, 0.05) is 6.54 Å². The fourth-order valence-electron chi connectivity index (χ4n) is 0.588. The van der Waals surface area contributed by atoms with Crippen molar-refractivity contribution in [1.29, 1.82) is 0 Å². The SMILES string of the molecule is CC(CN)OC1CC1.Cl. The van der Waals surface area contributed by atoms with E-state index in [1.807, 2.05) is 6.92 Å². The summed E-state index contributed by atoms with van der Waals surface area (Å²) in [5, 5.41) is 0. The van der Waals surface area contributed by atoms with E-state index in [-0.39, 0.29) is 18.5 Å². The third-order valence-electron chi connectivity index (χ3n) is 1.28. The molecule has 1 aliphatic rings. The number of nitrogens with two attached hydrogens (primary N) is 1. The van der Waals surface area contributed by atoms with E-state index in [4.69, 9.17) is 10.5 Å². The lowest BCUT2D eigenvalue weighted by Crippen LogP contribution is -2.20. The molecule has 9 heavy (non-hydrogen) atoms. The largest absolute Gasteiger partial charge is 0.374 e. The Hall–Kier alpha value is 0.210. The van der Waals surface area contributed by atoms with Crippen LogP contribution in [0.15, 0.2) is 0 Å². The van der Waals surface area contributed by atoms with Gasteiger partial charge in [-0.2, -0.15) is 0 Å². The van der Waals surface area contributed by atoms with Crippen molar-refractivity contribution < 1.29 is 4.74 Å². The second-order valence-corrected chi connectivity index (χ2v) is 2.38. The van der Waals surface area contributed by atoms with Crippen LogP contribution in [-0.2, 0) is 4.74 Å². The Balaban J connectivity index is 0.000000640. The molecule has 1 aliphatic carbocycles. The summed E-state index contributed by atoms with van der Waals surface area (Å²) >= 11 is 0. The van der Waals surface area contributed by atoms with Crippen molar-refractivity contribution >= 4 is 12.4 Å². The third-order valence-corrected chi connectivity index (χ3v) is 1.28. The first-order valence-corrected chi connectivity index (χ1v) is 3.18. The monoisotopic (exact) mass is 151 g/mol. The van der Waals surface area contributed by atoms with E-state index >= 15 is 0 Å². The highest BCUT2D eigenvalue weighted by atomic mass is 35.5. The van der Waals surface area contributed by atoms with E-state index in [2.05, 4.69) is 0 Å². The summed E-state index contributed by atoms with van der Waals surface area (Å²) in [5.41, 5.74) is 5.32. The smallest absolute Gasteiger partial charge is 0.0672 e. The van der Waals surface area contributed by atoms with Crippen LogP contribution in [0.4, 0.5) is 0 Å². The van der Waals surface area contributed by atoms with Gasteiger partial charge in [-0.3, -0.25) is 0 Å². The Morgan fingerprint density at radius 2 is 2.22 bits per heavy atom. The molecule has 0 amide bonds. The Morgan fingerprint density at radius 3 is 2.56 bits per heavy atom. The quantitative estimate of drug-likeness (QED) is 0.652. The van der Waals surface area contributed by atoms with E-state index in [0.717, 1.165) is 0 Å². The van der Waals surface area contributed by atoms with Gasteiger partial charge in [0.15, 0.2) is 0 Å². The third kappa shape index (κ3) is 3.73. The van der Waals surface area contributed by atoms with Gasteiger partial charge in [-0.15, -0.1) is 12.4 Å². The van der Waals surface area contributed by atoms with Crippen LogP contribution in [-0.4, -0.2) is 18.8 Å². The minimum atomic E-state index is 0. The van der Waals surface area contributed by atoms with E-state index in [1.165, 1.54) is 12.8 Å². The van der Waals surface area contributed by atoms with Crippen molar-refractivity contribution in [3.05, 3.63) is 0 Å². The molecule has 1 atom stereocenters. The second kappa shape index (κ2) is 4.09. The first-order chi connectivity index (χ1) is 3.83. The first-order valence-electron chi connectivity index (χ1n) is 3.18. The average Bonchev–Trinajstić information content (AvgIpc) is 2.50. The van der Waals surface area contributed by atoms with Crippen LogP contribution in [0, 0.1) is 0 Å². The molecular weight excluding hydrogens is 138 g/mol. The molecule has 0 aromatic carbocycles. The van der Waals surface area contributed by atoms with Gasteiger partial charge in [0.05, 0.1) is 12.2 Å². The maximum Gasteiger partial charge on any atom is 0.0672 e. The summed E-state index contributed by atoms with van der Waals surface area (Å²) in [6.07, 6.45) is 3.30. The summed E-state index contributed by atoms with van der Waals surface area (Å²) < 4.78 is 5.39. The van der Waals surface area contributed by atoms with Crippen LogP contribution < -0.4 is 5.73 Å². The average molecular weight is 152 g/mol. The summed E-state index contributed by atoms with van der Waals surface area (Å²) in [6.45, 7) is 2.66. The lowest BCUT2D eigenvalue weighted by Gasteiger charge is -2.07. The van der Waals surface area contributed by atoms with Gasteiger partial charge in [0.2, 0.25) is 0 Å². The minimum absolute atomic E-state index is 0. The zero-order valence-electron chi connectivity index (χ0n) is 5.67. The van der Waals surface area contributed by atoms with Gasteiger partial charge in [-0.1, -0.05) is 0 Å². The Kier molecular flexibility index (Phi) is 4.19. The molecule has 56 valence electrons. The van der Waals surface area contributed by atoms with E-state index in [1.54, 1.807) is 0 Å². The van der Waals surface area contributed by atoms with Crippen molar-refractivity contribution in [1.82, 2.24) is 0 Å². The summed E-state index contributed by atoms with van der Waals surface area (Å²) in [7, 11) is 0. The van der Waals surface area contributed by atoms with E-state index < -0.39 is 0 Å². The zero-order valence-corrected chi connectivity index (χ0v) is 6.49. The Bertz CT molecular complexity index is 75.5. The van der Waals surface area contributed by atoms with Gasteiger partial charge in [-0.25, -0.2) is 0 Å². The molecule has 2 nitrogen and oxygen atoms in total. The number of hydrogen-bond acceptors (Lipinski definition) is 2. The number of rotatable bonds is 3. The topological polar surface area (TPSA) is 35.2 Å². The maximum atomic E-state index is 5.39. The van der Waals surface area contributed by atoms with Crippen molar-refractivity contribution in [2.24, 2.45) is 5.73 Å². The van der Waals surface area contributed by atoms with Gasteiger partial charge in [0.25, 0.3) is 0 Å². The molecule has 0 saturated heterocycles. The van der Waals surface area contributed by atoms with Crippen molar-refractivity contribution in [3.63, 3.8) is 0 Å². The van der Waals surface area contributed by atoms with Crippen LogP contribution in [0.25, 0.3) is 0 Å². The Labute approximate surface area is 62.2 Å². The van der Waals surface area contributed by atoms with Crippen LogP contribution in [0.5, 0.6) is 0 Å². The van der Waals surface area contributed by atoms with Crippen LogP contribution in [0.1, 0.15) is 19.8 Å². The fourth-order valence-corrected chi connectivity index (χ4v) is 0.588. The molecule has 1 rings (SSSR count). The lowest BCUT2D eigenvalue weighted by molar-refractivity contribution is 0.0583. The van der Waals surface area contributed by atoms with Crippen molar-refractivity contribution in [3.8, 4) is 0 Å². The molecule has 1 fully saturated rings. The molecular formula is C6H14ClNO. The van der Waals surface area contributed by atoms with E-state index in [9.17, 15) is 0 Å². The number of halogens is 1. The molecule has 0 aromatic heterocycles. The highest BCUT2D eigenvalue weighted by Crippen LogP contribution is 2.24. The molecule has 0 radical (unpaired) electrons. The van der Waals surface area contributed by atoms with Crippen molar-refractivity contribution in [2.45, 2.75) is 32.0 Å². The molecule has 1 saturated carbocycles. The lowest BCUT2D eigenvalue weighted by atomic mass is 10.4. The standard InChI is InChI=1S/C6H13NO.ClH/c1-5(4-7)8-6-2-3-6;/h5-6H,2-4,7H2,1H3;1H. The normalized spacial score (nSPS) is 20.7. The predicted octanol–water partition coefficient (Wildman–Crippen LogP) is 0.934. The van der Waals surface area contributed by atoms with Crippen LogP contribution in [0.2, 0.25) is 0 Å². The van der Waals surface area contributed by atoms with Gasteiger partial charge >= 0.3 is 0 Å². The van der Waals surface area contributed by atoms with Crippen LogP contribution in [0.3, 0.4) is 0 Å². The second-order valence-electron chi connectivity index (χ2n) is 2.38. The molecule has 1 unspecified atom stereocenters. The van der Waals surface area contributed by atoms with Crippen molar-refractivity contribution in [2.75, 3.05) is 6.54 Å². The molecule has 0 bridgehead atoms. The first kappa shape index (κ1) is 9.21. The molecule has 2 N–H and O–H groups in total. The van der Waals surface area contributed by atoms with Gasteiger partial charge in [-0.05, 0) is 19.8 Å². The van der Waals surface area contributed by atoms with Gasteiger partial charge < -0.3 is 10.5 Å². The molecule has 0 spiro atoms. The summed E-state index contributed by atoms with van der Waals surface area (Å²) in [4.78, 5) is 0. The zero-order chi connectivity index (χ0) is 5.98. The van der Waals surface area contributed by atoms with Crippen LogP contribution >= 0.6 is 12.4 Å². The summed E-state index contributed by atoms with van der Waals surface area (Å²) in [5.74, 6) is 0. The highest BCUT2D eigenvalue weighted by molar-refractivity contribution is 5.85. The van der Waals surface area contributed by atoms with E-state index in [0.29, 0.717) is 12.6 Å². The molecule has 0 aromatic rings. The Morgan fingerprint density at radius 1 is 1.67 bits per heavy atom. The highest BCUT2D eigenvalue weighted by Gasteiger charge is 2.23. The number of hydrogen-bond donors (Lipinski definition) is 1. The molecule has 0 heterocycles. The summed E-state index contributed by atoms with van der Waals surface area (Å²) in [6, 6.07) is 0. The van der Waals surface area contributed by atoms with Gasteiger partial charge in [0.1, 0.15) is 0 Å². The fraction of sp³-hybridized carbons (Fsp3) is 1.00.